The van der Waals surface area contributed by atoms with Gasteiger partial charge >= 0.3 is 0 Å². The first kappa shape index (κ1) is 23.6. The van der Waals surface area contributed by atoms with Gasteiger partial charge in [0.05, 0.1) is 39.0 Å². The summed E-state index contributed by atoms with van der Waals surface area (Å²) in [7, 11) is 4.40. The van der Waals surface area contributed by atoms with E-state index in [1.54, 1.807) is 4.57 Å². The Labute approximate surface area is 202 Å². The molecule has 1 aromatic heterocycles. The first-order valence-electron chi connectivity index (χ1n) is 10.8. The highest BCUT2D eigenvalue weighted by Gasteiger charge is 2.19. The summed E-state index contributed by atoms with van der Waals surface area (Å²) >= 11 is 0. The number of para-hydroxylation sites is 2. The highest BCUT2D eigenvalue weighted by atomic mass is 16.5. The molecule has 0 radical (unpaired) electrons. The van der Waals surface area contributed by atoms with Gasteiger partial charge in [-0.25, -0.2) is 0 Å². The molecule has 0 saturated carbocycles. The minimum Gasteiger partial charge on any atom is -0.493 e. The van der Waals surface area contributed by atoms with Crippen molar-refractivity contribution in [3.05, 3.63) is 72.3 Å². The molecule has 4 aromatic rings. The summed E-state index contributed by atoms with van der Waals surface area (Å²) < 4.78 is 23.3. The second kappa shape index (κ2) is 10.6. The Bertz CT molecular complexity index is 1340. The molecule has 180 valence electrons. The number of methoxy groups -OCH3 is 3. The summed E-state index contributed by atoms with van der Waals surface area (Å²) in [5.41, 5.74) is 1.14. The molecule has 0 aliphatic carbocycles. The van der Waals surface area contributed by atoms with Crippen LogP contribution < -0.4 is 18.9 Å². The van der Waals surface area contributed by atoms with Gasteiger partial charge in [-0.05, 0) is 30.3 Å². The van der Waals surface area contributed by atoms with E-state index in [1.807, 2.05) is 54.6 Å². The highest BCUT2D eigenvalue weighted by molar-refractivity contribution is 5.98. The molecule has 0 fully saturated rings. The van der Waals surface area contributed by atoms with Crippen molar-refractivity contribution >= 4 is 22.5 Å². The number of carbonyl (C=O) groups excluding carboxylic acids is 1. The van der Waals surface area contributed by atoms with Crippen molar-refractivity contribution in [1.29, 1.82) is 0 Å². The molecule has 4 rings (SSSR count). The summed E-state index contributed by atoms with van der Waals surface area (Å²) in [6.45, 7) is 0.703. The first-order valence-corrected chi connectivity index (χ1v) is 10.8. The number of amides is 1. The van der Waals surface area contributed by atoms with Crippen LogP contribution in [0, 0.1) is 0 Å². The summed E-state index contributed by atoms with van der Waals surface area (Å²) in [5.74, 6) is 1.00. The standard InChI is InChI=1S/C26H25N3O6/c1-32-21-15-17(16-22(33-2)24(21)34-3)25(30)28-27-23-19-11-7-8-12-20(19)29(26(23)31)13-14-35-18-9-5-4-6-10-18/h4-12,15-16,31H,13-14H2,1-3H3. The van der Waals surface area contributed by atoms with Gasteiger partial charge in [0.25, 0.3) is 5.91 Å². The van der Waals surface area contributed by atoms with Crippen LogP contribution in [0.5, 0.6) is 28.9 Å². The van der Waals surface area contributed by atoms with E-state index >= 15 is 0 Å². The fourth-order valence-corrected chi connectivity index (χ4v) is 3.73. The number of aromatic hydroxyl groups is 1. The lowest BCUT2D eigenvalue weighted by atomic mass is 10.1. The van der Waals surface area contributed by atoms with Gasteiger partial charge in [-0.3, -0.25) is 4.79 Å². The second-order valence-corrected chi connectivity index (χ2v) is 7.42. The number of hydrogen-bond donors (Lipinski definition) is 1. The third kappa shape index (κ3) is 4.89. The Kier molecular flexibility index (Phi) is 7.15. The Morgan fingerprint density at radius 2 is 1.57 bits per heavy atom. The summed E-state index contributed by atoms with van der Waals surface area (Å²) in [6, 6.07) is 19.8. The number of ether oxygens (including phenoxy) is 4. The minimum atomic E-state index is -0.632. The van der Waals surface area contributed by atoms with Crippen molar-refractivity contribution in [2.75, 3.05) is 27.9 Å². The van der Waals surface area contributed by atoms with Crippen LogP contribution in [0.1, 0.15) is 10.4 Å². The summed E-state index contributed by atoms with van der Waals surface area (Å²) in [4.78, 5) is 12.8. The van der Waals surface area contributed by atoms with Gasteiger partial charge in [0, 0.05) is 5.39 Å². The molecule has 0 saturated heterocycles. The van der Waals surface area contributed by atoms with Gasteiger partial charge in [-0.15, -0.1) is 10.2 Å². The predicted octanol–water partition coefficient (Wildman–Crippen LogP) is 5.38. The van der Waals surface area contributed by atoms with Gasteiger partial charge in [0.15, 0.2) is 17.2 Å². The normalized spacial score (nSPS) is 11.1. The summed E-state index contributed by atoms with van der Waals surface area (Å²) in [6.07, 6.45) is 0. The summed E-state index contributed by atoms with van der Waals surface area (Å²) in [5, 5.41) is 19.5. The van der Waals surface area contributed by atoms with Crippen molar-refractivity contribution in [3.8, 4) is 28.9 Å². The zero-order valence-corrected chi connectivity index (χ0v) is 19.6. The Balaban J connectivity index is 1.61. The quantitative estimate of drug-likeness (QED) is 0.326. The number of carbonyl (C=O) groups is 1. The number of benzene rings is 3. The molecule has 0 atom stereocenters. The zero-order chi connectivity index (χ0) is 24.8. The lowest BCUT2D eigenvalue weighted by Crippen LogP contribution is -2.07. The van der Waals surface area contributed by atoms with Crippen LogP contribution in [-0.2, 0) is 6.54 Å². The second-order valence-electron chi connectivity index (χ2n) is 7.42. The Morgan fingerprint density at radius 1 is 0.914 bits per heavy atom. The molecule has 3 aromatic carbocycles. The van der Waals surface area contributed by atoms with E-state index in [0.717, 1.165) is 11.3 Å². The van der Waals surface area contributed by atoms with Crippen molar-refractivity contribution in [2.24, 2.45) is 10.2 Å². The van der Waals surface area contributed by atoms with E-state index in [2.05, 4.69) is 10.2 Å². The van der Waals surface area contributed by atoms with Crippen LogP contribution in [0.15, 0.2) is 77.0 Å². The molecule has 1 N–H and O–H groups in total. The average Bonchev–Trinajstić information content (AvgIpc) is 3.17. The molecule has 0 unspecified atom stereocenters. The molecule has 9 heteroatoms. The maximum atomic E-state index is 12.8. The number of rotatable bonds is 9. The number of azo groups is 1. The molecule has 0 aliphatic heterocycles. The third-order valence-electron chi connectivity index (χ3n) is 5.40. The fourth-order valence-electron chi connectivity index (χ4n) is 3.73. The molecule has 0 bridgehead atoms. The smallest absolute Gasteiger partial charge is 0.295 e. The van der Waals surface area contributed by atoms with Gasteiger partial charge in [0.2, 0.25) is 11.6 Å². The zero-order valence-electron chi connectivity index (χ0n) is 19.6. The average molecular weight is 476 g/mol. The van der Waals surface area contributed by atoms with Crippen LogP contribution in [0.4, 0.5) is 5.69 Å². The number of aromatic nitrogens is 1. The largest absolute Gasteiger partial charge is 0.493 e. The number of hydrogen-bond acceptors (Lipinski definition) is 7. The van der Waals surface area contributed by atoms with Gasteiger partial charge < -0.3 is 28.6 Å². The van der Waals surface area contributed by atoms with E-state index in [-0.39, 0.29) is 17.1 Å². The van der Waals surface area contributed by atoms with Crippen molar-refractivity contribution in [2.45, 2.75) is 6.54 Å². The Morgan fingerprint density at radius 3 is 2.23 bits per heavy atom. The molecule has 35 heavy (non-hydrogen) atoms. The van der Waals surface area contributed by atoms with E-state index < -0.39 is 5.91 Å². The van der Waals surface area contributed by atoms with Crippen LogP contribution in [0.3, 0.4) is 0 Å². The van der Waals surface area contributed by atoms with Crippen molar-refractivity contribution in [3.63, 3.8) is 0 Å². The van der Waals surface area contributed by atoms with E-state index in [1.165, 1.54) is 33.5 Å². The fraction of sp³-hybridized carbons (Fsp3) is 0.192. The molecule has 1 heterocycles. The van der Waals surface area contributed by atoms with Gasteiger partial charge in [-0.2, -0.15) is 0 Å². The van der Waals surface area contributed by atoms with Gasteiger partial charge in [0.1, 0.15) is 12.4 Å². The van der Waals surface area contributed by atoms with Gasteiger partial charge in [-0.1, -0.05) is 36.4 Å². The molecular formula is C26H25N3O6. The molecule has 1 amide bonds. The lowest BCUT2D eigenvalue weighted by molar-refractivity contribution is 0.0994. The van der Waals surface area contributed by atoms with Crippen molar-refractivity contribution in [1.82, 2.24) is 4.57 Å². The monoisotopic (exact) mass is 475 g/mol. The molecular weight excluding hydrogens is 450 g/mol. The maximum Gasteiger partial charge on any atom is 0.295 e. The van der Waals surface area contributed by atoms with Crippen molar-refractivity contribution < 1.29 is 28.8 Å². The molecule has 0 spiro atoms. The molecule has 0 aliphatic rings. The lowest BCUT2D eigenvalue weighted by Gasteiger charge is -2.12. The van der Waals surface area contributed by atoms with Crippen LogP contribution in [0.2, 0.25) is 0 Å². The van der Waals surface area contributed by atoms with E-state index in [9.17, 15) is 9.90 Å². The maximum absolute atomic E-state index is 12.8. The minimum absolute atomic E-state index is 0.107. The van der Waals surface area contributed by atoms with Crippen LogP contribution in [0.25, 0.3) is 10.9 Å². The molecule has 9 nitrogen and oxygen atoms in total. The predicted molar refractivity (Wildman–Crippen MR) is 130 cm³/mol. The van der Waals surface area contributed by atoms with E-state index in [0.29, 0.717) is 35.8 Å². The van der Waals surface area contributed by atoms with E-state index in [4.69, 9.17) is 18.9 Å². The van der Waals surface area contributed by atoms with Crippen LogP contribution >= 0.6 is 0 Å². The Hall–Kier alpha value is -4.53. The van der Waals surface area contributed by atoms with Crippen LogP contribution in [-0.4, -0.2) is 43.5 Å². The SMILES string of the molecule is COc1cc(C(=O)N=Nc2c(O)n(CCOc3ccccc3)c3ccccc23)cc(OC)c1OC. The third-order valence-corrected chi connectivity index (χ3v) is 5.40. The number of nitrogens with zero attached hydrogens (tertiary/aromatic N) is 3. The highest BCUT2D eigenvalue weighted by Crippen LogP contribution is 2.40. The topological polar surface area (TPSA) is 104 Å². The first-order chi connectivity index (χ1) is 17.1. The number of fused-ring (bicyclic) bond motifs is 1.